The van der Waals surface area contributed by atoms with Crippen LogP contribution in [0.25, 0.3) is 0 Å². The van der Waals surface area contributed by atoms with E-state index in [1.807, 2.05) is 0 Å². The summed E-state index contributed by atoms with van der Waals surface area (Å²) in [5, 5.41) is 6.37. The lowest BCUT2D eigenvalue weighted by Gasteiger charge is -2.42. The summed E-state index contributed by atoms with van der Waals surface area (Å²) >= 11 is 0. The first-order chi connectivity index (χ1) is 8.26. The van der Waals surface area contributed by atoms with Crippen molar-refractivity contribution in [1.82, 2.24) is 10.6 Å². The van der Waals surface area contributed by atoms with Crippen LogP contribution in [-0.4, -0.2) is 39.3 Å². The van der Waals surface area contributed by atoms with Crippen LogP contribution in [0.15, 0.2) is 0 Å². The van der Waals surface area contributed by atoms with Gasteiger partial charge >= 0.3 is 0 Å². The van der Waals surface area contributed by atoms with Crippen LogP contribution in [0, 0.1) is 11.3 Å². The van der Waals surface area contributed by atoms with Crippen molar-refractivity contribution in [3.8, 4) is 0 Å². The van der Waals surface area contributed by atoms with Crippen LogP contribution in [0.5, 0.6) is 0 Å². The van der Waals surface area contributed by atoms with Gasteiger partial charge in [0.25, 0.3) is 0 Å². The fourth-order valence-electron chi connectivity index (χ4n) is 2.81. The van der Waals surface area contributed by atoms with Crippen molar-refractivity contribution in [3.63, 3.8) is 0 Å². The van der Waals surface area contributed by atoms with Gasteiger partial charge in [0.2, 0.25) is 5.91 Å². The predicted octanol–water partition coefficient (Wildman–Crippen LogP) is 0.919. The Hall–Kier alpha value is -0.610. The Balaban J connectivity index is 1.73. The van der Waals surface area contributed by atoms with E-state index in [1.165, 1.54) is 19.3 Å². The Morgan fingerprint density at radius 2 is 2.35 bits per heavy atom. The second kappa shape index (κ2) is 5.83. The maximum atomic E-state index is 11.9. The van der Waals surface area contributed by atoms with Gasteiger partial charge in [0.1, 0.15) is 0 Å². The number of rotatable bonds is 6. The average molecular weight is 240 g/mol. The Bertz CT molecular complexity index is 258. The first kappa shape index (κ1) is 12.8. The zero-order chi connectivity index (χ0) is 12.1. The molecule has 0 aromatic carbocycles. The molecule has 0 aromatic rings. The number of carbonyl (C=O) groups excluding carboxylic acids is 1. The lowest BCUT2D eigenvalue weighted by Crippen LogP contribution is -2.44. The molecule has 98 valence electrons. The van der Waals surface area contributed by atoms with Crippen LogP contribution in [0.1, 0.15) is 32.1 Å². The number of nitrogens with one attached hydrogen (secondary N) is 2. The molecule has 1 aliphatic carbocycles. The molecule has 0 bridgehead atoms. The molecule has 1 saturated heterocycles. The molecule has 2 N–H and O–H groups in total. The van der Waals surface area contributed by atoms with E-state index in [4.69, 9.17) is 4.74 Å². The van der Waals surface area contributed by atoms with Crippen molar-refractivity contribution < 1.29 is 9.53 Å². The molecule has 1 saturated carbocycles. The van der Waals surface area contributed by atoms with Gasteiger partial charge in [0.05, 0.1) is 5.92 Å². The van der Waals surface area contributed by atoms with Gasteiger partial charge in [-0.3, -0.25) is 4.79 Å². The fraction of sp³-hybridized carbons (Fsp3) is 0.923. The molecule has 1 aliphatic heterocycles. The molecule has 0 aromatic heterocycles. The highest BCUT2D eigenvalue weighted by Crippen LogP contribution is 2.43. The molecular formula is C13H24N2O2. The molecule has 4 nitrogen and oxygen atoms in total. The maximum absolute atomic E-state index is 11.9. The van der Waals surface area contributed by atoms with Crippen molar-refractivity contribution in [3.05, 3.63) is 0 Å². The van der Waals surface area contributed by atoms with Crippen LogP contribution >= 0.6 is 0 Å². The summed E-state index contributed by atoms with van der Waals surface area (Å²) in [6.45, 7) is 3.47. The van der Waals surface area contributed by atoms with Gasteiger partial charge in [-0.2, -0.15) is 0 Å². The Labute approximate surface area is 103 Å². The van der Waals surface area contributed by atoms with Crippen LogP contribution < -0.4 is 10.6 Å². The number of hydrogen-bond acceptors (Lipinski definition) is 3. The summed E-state index contributed by atoms with van der Waals surface area (Å²) in [6, 6.07) is 0. The minimum Gasteiger partial charge on any atom is -0.385 e. The number of methoxy groups -OCH3 is 1. The first-order valence-corrected chi connectivity index (χ1v) is 6.73. The first-order valence-electron chi connectivity index (χ1n) is 6.73. The van der Waals surface area contributed by atoms with E-state index < -0.39 is 0 Å². The van der Waals surface area contributed by atoms with Gasteiger partial charge < -0.3 is 15.4 Å². The molecule has 2 rings (SSSR count). The molecule has 0 spiro atoms. The number of amides is 1. The van der Waals surface area contributed by atoms with Gasteiger partial charge in [0, 0.05) is 26.8 Å². The highest BCUT2D eigenvalue weighted by Gasteiger charge is 2.37. The van der Waals surface area contributed by atoms with E-state index in [2.05, 4.69) is 10.6 Å². The van der Waals surface area contributed by atoms with Crippen LogP contribution in [-0.2, 0) is 9.53 Å². The molecule has 1 atom stereocenters. The van der Waals surface area contributed by atoms with E-state index >= 15 is 0 Å². The topological polar surface area (TPSA) is 50.4 Å². The smallest absolute Gasteiger partial charge is 0.224 e. The van der Waals surface area contributed by atoms with Gasteiger partial charge in [0.15, 0.2) is 0 Å². The van der Waals surface area contributed by atoms with Gasteiger partial charge in [-0.1, -0.05) is 6.42 Å². The minimum atomic E-state index is 0.189. The van der Waals surface area contributed by atoms with Crippen molar-refractivity contribution in [1.29, 1.82) is 0 Å². The summed E-state index contributed by atoms with van der Waals surface area (Å²) < 4.78 is 5.16. The van der Waals surface area contributed by atoms with Gasteiger partial charge in [-0.25, -0.2) is 0 Å². The Morgan fingerprint density at radius 1 is 1.53 bits per heavy atom. The molecule has 2 fully saturated rings. The molecule has 1 heterocycles. The third-order valence-corrected chi connectivity index (χ3v) is 4.32. The summed E-state index contributed by atoms with van der Waals surface area (Å²) in [4.78, 5) is 11.9. The molecule has 1 amide bonds. The minimum absolute atomic E-state index is 0.189. The second-order valence-electron chi connectivity index (χ2n) is 5.50. The van der Waals surface area contributed by atoms with Crippen LogP contribution in [0.4, 0.5) is 0 Å². The summed E-state index contributed by atoms with van der Waals surface area (Å²) in [7, 11) is 1.75. The van der Waals surface area contributed by atoms with Crippen molar-refractivity contribution in [2.24, 2.45) is 11.3 Å². The summed E-state index contributed by atoms with van der Waals surface area (Å²) in [6.07, 6.45) is 5.83. The summed E-state index contributed by atoms with van der Waals surface area (Å²) in [5.41, 5.74) is 0.331. The third-order valence-electron chi connectivity index (χ3n) is 4.32. The Morgan fingerprint density at radius 3 is 2.88 bits per heavy atom. The molecule has 0 radical (unpaired) electrons. The van der Waals surface area contributed by atoms with E-state index in [0.29, 0.717) is 5.41 Å². The zero-order valence-electron chi connectivity index (χ0n) is 10.8. The van der Waals surface area contributed by atoms with Crippen molar-refractivity contribution in [2.45, 2.75) is 32.1 Å². The van der Waals surface area contributed by atoms with Gasteiger partial charge in [-0.05, 0) is 37.6 Å². The normalized spacial score (nSPS) is 26.5. The zero-order valence-corrected chi connectivity index (χ0v) is 10.8. The number of ether oxygens (including phenoxy) is 1. The Kier molecular flexibility index (Phi) is 4.40. The SMILES string of the molecule is COCCC1(CNC(=O)C2CCNC2)CCC1. The maximum Gasteiger partial charge on any atom is 0.224 e. The van der Waals surface area contributed by atoms with Crippen molar-refractivity contribution in [2.75, 3.05) is 33.4 Å². The third kappa shape index (κ3) is 3.19. The fourth-order valence-corrected chi connectivity index (χ4v) is 2.81. The second-order valence-corrected chi connectivity index (χ2v) is 5.50. The molecule has 17 heavy (non-hydrogen) atoms. The molecular weight excluding hydrogens is 216 g/mol. The lowest BCUT2D eigenvalue weighted by molar-refractivity contribution is -0.125. The molecule has 1 unspecified atom stereocenters. The van der Waals surface area contributed by atoms with Crippen molar-refractivity contribution >= 4 is 5.91 Å². The van der Waals surface area contributed by atoms with E-state index in [9.17, 15) is 4.79 Å². The van der Waals surface area contributed by atoms with Crippen LogP contribution in [0.3, 0.4) is 0 Å². The highest BCUT2D eigenvalue weighted by atomic mass is 16.5. The van der Waals surface area contributed by atoms with E-state index in [0.717, 1.165) is 39.1 Å². The lowest BCUT2D eigenvalue weighted by atomic mass is 9.66. The van der Waals surface area contributed by atoms with E-state index in [1.54, 1.807) is 7.11 Å². The quantitative estimate of drug-likeness (QED) is 0.726. The molecule has 4 heteroatoms. The standard InChI is InChI=1S/C13H24N2O2/c1-17-8-6-13(4-2-5-13)10-15-12(16)11-3-7-14-9-11/h11,14H,2-10H2,1H3,(H,15,16). The largest absolute Gasteiger partial charge is 0.385 e. The van der Waals surface area contributed by atoms with Crippen LogP contribution in [0.2, 0.25) is 0 Å². The predicted molar refractivity (Wildman–Crippen MR) is 66.8 cm³/mol. The molecule has 2 aliphatic rings. The summed E-state index contributed by atoms with van der Waals surface area (Å²) in [5.74, 6) is 0.424. The number of hydrogen-bond donors (Lipinski definition) is 2. The van der Waals surface area contributed by atoms with Gasteiger partial charge in [-0.15, -0.1) is 0 Å². The average Bonchev–Trinajstić information content (AvgIpc) is 2.80. The number of carbonyl (C=O) groups is 1. The van der Waals surface area contributed by atoms with E-state index in [-0.39, 0.29) is 11.8 Å². The highest BCUT2D eigenvalue weighted by molar-refractivity contribution is 5.79. The monoisotopic (exact) mass is 240 g/mol.